The molecule has 0 aliphatic rings. The molecule has 0 fully saturated rings. The van der Waals surface area contributed by atoms with Crippen LogP contribution in [-0.2, 0) is 9.59 Å². The summed E-state index contributed by atoms with van der Waals surface area (Å²) < 4.78 is 14.0. The third kappa shape index (κ3) is 5.27. The third-order valence-corrected chi connectivity index (χ3v) is 5.14. The number of thioether (sulfide) groups is 1. The van der Waals surface area contributed by atoms with Gasteiger partial charge in [0.15, 0.2) is 4.34 Å². The number of para-hydroxylation sites is 1. The van der Waals surface area contributed by atoms with Crippen LogP contribution < -0.4 is 10.6 Å². The monoisotopic (exact) mass is 368 g/mol. The summed E-state index contributed by atoms with van der Waals surface area (Å²) in [5.41, 5.74) is 0.141. The van der Waals surface area contributed by atoms with Gasteiger partial charge in [-0.3, -0.25) is 9.59 Å². The zero-order valence-corrected chi connectivity index (χ0v) is 14.8. The number of amides is 2. The number of carbonyl (C=O) groups excluding carboxylic acids is 2. The SMILES string of the molecule is CCC(C)C(=O)Nc1nnc(SCC(=O)Nc2ccccc2F)s1. The molecule has 0 saturated carbocycles. The lowest BCUT2D eigenvalue weighted by molar-refractivity contribution is -0.119. The van der Waals surface area contributed by atoms with Crippen LogP contribution in [0.4, 0.5) is 15.2 Å². The molecule has 2 rings (SSSR count). The largest absolute Gasteiger partial charge is 0.323 e. The molecule has 1 unspecified atom stereocenters. The van der Waals surface area contributed by atoms with Gasteiger partial charge in [-0.05, 0) is 18.6 Å². The molecular weight excluding hydrogens is 351 g/mol. The predicted octanol–water partition coefficient (Wildman–Crippen LogP) is 3.39. The number of rotatable bonds is 7. The van der Waals surface area contributed by atoms with Gasteiger partial charge in [0.2, 0.25) is 16.9 Å². The van der Waals surface area contributed by atoms with Crippen molar-refractivity contribution in [3.8, 4) is 0 Å². The van der Waals surface area contributed by atoms with Crippen LogP contribution in [0.15, 0.2) is 28.6 Å². The van der Waals surface area contributed by atoms with E-state index in [1.807, 2.05) is 13.8 Å². The van der Waals surface area contributed by atoms with E-state index < -0.39 is 5.82 Å². The maximum Gasteiger partial charge on any atom is 0.234 e. The fourth-order valence-corrected chi connectivity index (χ4v) is 3.16. The van der Waals surface area contributed by atoms with Gasteiger partial charge in [0, 0.05) is 5.92 Å². The molecule has 0 aliphatic carbocycles. The standard InChI is InChI=1S/C15H17FN4O2S2/c1-3-9(2)13(22)18-14-19-20-15(24-14)23-8-12(21)17-11-7-5-4-6-10(11)16/h4-7,9H,3,8H2,1-2H3,(H,17,21)(H,18,19,22). The Morgan fingerprint density at radius 2 is 2.04 bits per heavy atom. The number of carbonyl (C=O) groups is 2. The Hall–Kier alpha value is -2.00. The molecule has 128 valence electrons. The average Bonchev–Trinajstić information content (AvgIpc) is 3.01. The van der Waals surface area contributed by atoms with Crippen molar-refractivity contribution in [2.45, 2.75) is 24.6 Å². The van der Waals surface area contributed by atoms with Gasteiger partial charge in [0.1, 0.15) is 5.82 Å². The number of hydrogen-bond acceptors (Lipinski definition) is 6. The number of benzene rings is 1. The van der Waals surface area contributed by atoms with Gasteiger partial charge in [-0.25, -0.2) is 4.39 Å². The maximum absolute atomic E-state index is 13.5. The molecule has 0 radical (unpaired) electrons. The summed E-state index contributed by atoms with van der Waals surface area (Å²) in [5.74, 6) is -0.964. The van der Waals surface area contributed by atoms with Crippen molar-refractivity contribution in [3.63, 3.8) is 0 Å². The summed E-state index contributed by atoms with van der Waals surface area (Å²) in [7, 11) is 0. The molecule has 24 heavy (non-hydrogen) atoms. The zero-order chi connectivity index (χ0) is 17.5. The van der Waals surface area contributed by atoms with E-state index in [1.165, 1.54) is 35.2 Å². The Balaban J connectivity index is 1.83. The van der Waals surface area contributed by atoms with Crippen LogP contribution in [0.2, 0.25) is 0 Å². The first-order valence-corrected chi connectivity index (χ1v) is 9.11. The summed E-state index contributed by atoms with van der Waals surface area (Å²) in [4.78, 5) is 23.6. The van der Waals surface area contributed by atoms with Crippen molar-refractivity contribution >= 4 is 45.7 Å². The summed E-state index contributed by atoms with van der Waals surface area (Å²) in [5, 5.41) is 13.4. The molecular formula is C15H17FN4O2S2. The van der Waals surface area contributed by atoms with Gasteiger partial charge in [0.05, 0.1) is 11.4 Å². The second kappa shape index (κ2) is 8.74. The highest BCUT2D eigenvalue weighted by molar-refractivity contribution is 8.01. The number of aromatic nitrogens is 2. The van der Waals surface area contributed by atoms with Crippen LogP contribution in [0.25, 0.3) is 0 Å². The van der Waals surface area contributed by atoms with Crippen molar-refractivity contribution in [1.82, 2.24) is 10.2 Å². The van der Waals surface area contributed by atoms with Crippen molar-refractivity contribution in [2.24, 2.45) is 5.92 Å². The summed E-state index contributed by atoms with van der Waals surface area (Å²) in [6.07, 6.45) is 0.739. The second-order valence-electron chi connectivity index (χ2n) is 4.99. The predicted molar refractivity (Wildman–Crippen MR) is 93.7 cm³/mol. The van der Waals surface area contributed by atoms with E-state index in [4.69, 9.17) is 0 Å². The number of hydrogen-bond donors (Lipinski definition) is 2. The molecule has 2 N–H and O–H groups in total. The number of nitrogens with zero attached hydrogens (tertiary/aromatic N) is 2. The van der Waals surface area contributed by atoms with E-state index in [-0.39, 0.29) is 29.2 Å². The van der Waals surface area contributed by atoms with Crippen LogP contribution in [0.5, 0.6) is 0 Å². The van der Waals surface area contributed by atoms with E-state index in [1.54, 1.807) is 12.1 Å². The molecule has 2 aromatic rings. The summed E-state index contributed by atoms with van der Waals surface area (Å²) in [6.45, 7) is 3.76. The van der Waals surface area contributed by atoms with Gasteiger partial charge in [-0.2, -0.15) is 0 Å². The summed E-state index contributed by atoms with van der Waals surface area (Å²) >= 11 is 2.37. The van der Waals surface area contributed by atoms with Crippen molar-refractivity contribution in [1.29, 1.82) is 0 Å². The first-order valence-electron chi connectivity index (χ1n) is 7.31. The topological polar surface area (TPSA) is 84.0 Å². The minimum atomic E-state index is -0.484. The van der Waals surface area contributed by atoms with E-state index in [2.05, 4.69) is 20.8 Å². The molecule has 0 aliphatic heterocycles. The van der Waals surface area contributed by atoms with E-state index in [0.717, 1.165) is 6.42 Å². The van der Waals surface area contributed by atoms with Crippen molar-refractivity contribution < 1.29 is 14.0 Å². The molecule has 1 aromatic heterocycles. The molecule has 1 heterocycles. The molecule has 9 heteroatoms. The Morgan fingerprint density at radius 3 is 2.75 bits per heavy atom. The zero-order valence-electron chi connectivity index (χ0n) is 13.2. The van der Waals surface area contributed by atoms with Crippen LogP contribution in [0.3, 0.4) is 0 Å². The average molecular weight is 368 g/mol. The number of anilines is 2. The Labute approximate surface area is 147 Å². The molecule has 1 aromatic carbocycles. The summed E-state index contributed by atoms with van der Waals surface area (Å²) in [6, 6.07) is 5.96. The van der Waals surface area contributed by atoms with Crippen LogP contribution in [0, 0.1) is 11.7 Å². The minimum absolute atomic E-state index is 0.0717. The van der Waals surface area contributed by atoms with E-state index in [0.29, 0.717) is 9.47 Å². The Bertz CT molecular complexity index is 723. The van der Waals surface area contributed by atoms with Crippen LogP contribution >= 0.6 is 23.1 Å². The van der Waals surface area contributed by atoms with Crippen molar-refractivity contribution in [2.75, 3.05) is 16.4 Å². The Kier molecular flexibility index (Phi) is 6.68. The first-order chi connectivity index (χ1) is 11.5. The molecule has 6 nitrogen and oxygen atoms in total. The first kappa shape index (κ1) is 18.3. The minimum Gasteiger partial charge on any atom is -0.323 e. The highest BCUT2D eigenvalue weighted by atomic mass is 32.2. The quantitative estimate of drug-likeness (QED) is 0.578. The number of halogens is 1. The van der Waals surface area contributed by atoms with E-state index in [9.17, 15) is 14.0 Å². The third-order valence-electron chi connectivity index (χ3n) is 3.17. The van der Waals surface area contributed by atoms with Crippen LogP contribution in [0.1, 0.15) is 20.3 Å². The Morgan fingerprint density at radius 1 is 1.29 bits per heavy atom. The van der Waals surface area contributed by atoms with Gasteiger partial charge >= 0.3 is 0 Å². The lowest BCUT2D eigenvalue weighted by Crippen LogP contribution is -2.19. The fraction of sp³-hybridized carbons (Fsp3) is 0.333. The van der Waals surface area contributed by atoms with Crippen molar-refractivity contribution in [3.05, 3.63) is 30.1 Å². The molecule has 2 amide bonds. The fourth-order valence-electron chi connectivity index (χ4n) is 1.61. The van der Waals surface area contributed by atoms with Gasteiger partial charge < -0.3 is 10.6 Å². The molecule has 0 spiro atoms. The van der Waals surface area contributed by atoms with E-state index >= 15 is 0 Å². The lowest BCUT2D eigenvalue weighted by Gasteiger charge is -2.06. The lowest BCUT2D eigenvalue weighted by atomic mass is 10.1. The van der Waals surface area contributed by atoms with Gasteiger partial charge in [-0.15, -0.1) is 10.2 Å². The van der Waals surface area contributed by atoms with Gasteiger partial charge in [0.25, 0.3) is 0 Å². The smallest absolute Gasteiger partial charge is 0.234 e. The normalized spacial score (nSPS) is 11.8. The highest BCUT2D eigenvalue weighted by Crippen LogP contribution is 2.26. The van der Waals surface area contributed by atoms with Gasteiger partial charge in [-0.1, -0.05) is 49.1 Å². The molecule has 0 saturated heterocycles. The molecule has 0 bridgehead atoms. The highest BCUT2D eigenvalue weighted by Gasteiger charge is 2.14. The maximum atomic E-state index is 13.5. The number of nitrogens with one attached hydrogen (secondary N) is 2. The molecule has 1 atom stereocenters. The second-order valence-corrected chi connectivity index (χ2v) is 7.19. The van der Waals surface area contributed by atoms with Crippen LogP contribution in [-0.4, -0.2) is 27.8 Å².